The van der Waals surface area contributed by atoms with Gasteiger partial charge in [0.1, 0.15) is 0 Å². The lowest BCUT2D eigenvalue weighted by atomic mass is 10.0. The summed E-state index contributed by atoms with van der Waals surface area (Å²) in [4.78, 5) is 1.52. The molecule has 0 saturated heterocycles. The Hall–Kier alpha value is -0.470. The van der Waals surface area contributed by atoms with Gasteiger partial charge < -0.3 is 5.73 Å². The van der Waals surface area contributed by atoms with E-state index in [1.165, 1.54) is 41.9 Å². The third-order valence-electron chi connectivity index (χ3n) is 2.90. The summed E-state index contributed by atoms with van der Waals surface area (Å²) in [5.41, 5.74) is 8.53. The van der Waals surface area contributed by atoms with Crippen LogP contribution in [0.1, 0.15) is 30.4 Å². The van der Waals surface area contributed by atoms with Crippen molar-refractivity contribution in [2.45, 2.75) is 37.0 Å². The van der Waals surface area contributed by atoms with Gasteiger partial charge in [-0.15, -0.1) is 11.8 Å². The molecule has 1 aromatic rings. The Kier molecular flexibility index (Phi) is 4.09. The molecule has 1 aliphatic rings. The molecule has 0 aromatic heterocycles. The maximum Gasteiger partial charge on any atom is 0.0107 e. The van der Waals surface area contributed by atoms with Crippen molar-refractivity contribution in [3.63, 3.8) is 0 Å². The lowest BCUT2D eigenvalue weighted by molar-refractivity contribution is 0.742. The Morgan fingerprint density at radius 2 is 2.20 bits per heavy atom. The van der Waals surface area contributed by atoms with Gasteiger partial charge in [0.05, 0.1) is 0 Å². The summed E-state index contributed by atoms with van der Waals surface area (Å²) >= 11 is 2.02. The fourth-order valence-corrected chi connectivity index (χ4v) is 3.11. The third kappa shape index (κ3) is 2.99. The van der Waals surface area contributed by atoms with Crippen LogP contribution in [0.3, 0.4) is 0 Å². The van der Waals surface area contributed by atoms with Gasteiger partial charge in [0.25, 0.3) is 0 Å². The Labute approximate surface area is 96.4 Å². The summed E-state index contributed by atoms with van der Waals surface area (Å²) in [5.74, 6) is 1.29. The first kappa shape index (κ1) is 11.0. The van der Waals surface area contributed by atoms with Crippen molar-refractivity contribution in [3.05, 3.63) is 29.3 Å². The second-order valence-corrected chi connectivity index (χ2v) is 5.28. The molecule has 0 fully saturated rings. The largest absolute Gasteiger partial charge is 0.330 e. The maximum absolute atomic E-state index is 5.50. The van der Waals surface area contributed by atoms with E-state index < -0.39 is 0 Å². The van der Waals surface area contributed by atoms with Crippen molar-refractivity contribution in [1.82, 2.24) is 0 Å². The van der Waals surface area contributed by atoms with Crippen molar-refractivity contribution in [2.24, 2.45) is 5.73 Å². The summed E-state index contributed by atoms with van der Waals surface area (Å²) in [6, 6.07) is 7.00. The monoisotopic (exact) mass is 221 g/mol. The number of nitrogens with two attached hydrogens (primary N) is 1. The van der Waals surface area contributed by atoms with Gasteiger partial charge in [0, 0.05) is 4.90 Å². The predicted molar refractivity (Wildman–Crippen MR) is 67.5 cm³/mol. The zero-order valence-electron chi connectivity index (χ0n) is 9.17. The number of unbranched alkanes of at least 4 members (excludes halogenated alkanes) is 1. The van der Waals surface area contributed by atoms with E-state index in [1.54, 1.807) is 5.56 Å². The van der Waals surface area contributed by atoms with Gasteiger partial charge in [0.2, 0.25) is 0 Å². The number of benzene rings is 1. The van der Waals surface area contributed by atoms with Crippen LogP contribution in [0.15, 0.2) is 23.1 Å². The molecule has 0 spiro atoms. The molecule has 0 unspecified atom stereocenters. The quantitative estimate of drug-likeness (QED) is 0.791. The van der Waals surface area contributed by atoms with E-state index in [-0.39, 0.29) is 0 Å². The highest BCUT2D eigenvalue weighted by molar-refractivity contribution is 7.99. The summed E-state index contributed by atoms with van der Waals surface area (Å²) < 4.78 is 0. The van der Waals surface area contributed by atoms with Gasteiger partial charge in [-0.3, -0.25) is 0 Å². The van der Waals surface area contributed by atoms with Crippen LogP contribution in [0.4, 0.5) is 0 Å². The minimum atomic E-state index is 0.819. The fourth-order valence-electron chi connectivity index (χ4n) is 2.01. The second-order valence-electron chi connectivity index (χ2n) is 4.14. The Bertz CT molecular complexity index is 322. The first-order valence-corrected chi connectivity index (χ1v) is 6.83. The van der Waals surface area contributed by atoms with Gasteiger partial charge in [-0.1, -0.05) is 12.1 Å². The van der Waals surface area contributed by atoms with E-state index in [4.69, 9.17) is 5.73 Å². The van der Waals surface area contributed by atoms with Crippen LogP contribution in [0.25, 0.3) is 0 Å². The lowest BCUT2D eigenvalue weighted by Gasteiger charge is -2.15. The molecule has 2 rings (SSSR count). The van der Waals surface area contributed by atoms with E-state index >= 15 is 0 Å². The predicted octanol–water partition coefficient (Wildman–Crippen LogP) is 3.01. The highest BCUT2D eigenvalue weighted by atomic mass is 32.2. The number of fused-ring (bicyclic) bond motifs is 1. The highest BCUT2D eigenvalue weighted by Crippen LogP contribution is 2.30. The molecule has 1 nitrogen and oxygen atoms in total. The maximum atomic E-state index is 5.50. The molecule has 15 heavy (non-hydrogen) atoms. The highest BCUT2D eigenvalue weighted by Gasteiger charge is 2.09. The molecular formula is C13H19NS. The first-order valence-electron chi connectivity index (χ1n) is 5.85. The minimum Gasteiger partial charge on any atom is -0.330 e. The van der Waals surface area contributed by atoms with Crippen molar-refractivity contribution < 1.29 is 0 Å². The van der Waals surface area contributed by atoms with Crippen LogP contribution >= 0.6 is 11.8 Å². The molecule has 0 radical (unpaired) electrons. The van der Waals surface area contributed by atoms with E-state index in [1.807, 2.05) is 11.8 Å². The molecule has 1 aromatic carbocycles. The number of hydrogen-bond acceptors (Lipinski definition) is 2. The van der Waals surface area contributed by atoms with Crippen LogP contribution < -0.4 is 5.73 Å². The molecule has 0 atom stereocenters. The number of rotatable bonds is 4. The van der Waals surface area contributed by atoms with E-state index in [0.29, 0.717) is 0 Å². The van der Waals surface area contributed by atoms with Gasteiger partial charge in [-0.2, -0.15) is 0 Å². The van der Waals surface area contributed by atoms with Gasteiger partial charge >= 0.3 is 0 Å². The van der Waals surface area contributed by atoms with E-state index in [0.717, 1.165) is 13.0 Å². The van der Waals surface area contributed by atoms with Gasteiger partial charge in [-0.05, 0) is 61.6 Å². The second kappa shape index (κ2) is 5.57. The van der Waals surface area contributed by atoms with E-state index in [9.17, 15) is 0 Å². The van der Waals surface area contributed by atoms with Crippen LogP contribution in [0, 0.1) is 0 Å². The Morgan fingerprint density at radius 1 is 1.27 bits per heavy atom. The van der Waals surface area contributed by atoms with Crippen LogP contribution in [-0.2, 0) is 12.8 Å². The summed E-state index contributed by atoms with van der Waals surface area (Å²) in [6.45, 7) is 0.819. The summed E-state index contributed by atoms with van der Waals surface area (Å²) in [7, 11) is 0. The van der Waals surface area contributed by atoms with Crippen molar-refractivity contribution >= 4 is 11.8 Å². The molecule has 82 valence electrons. The number of thioether (sulfide) groups is 1. The van der Waals surface area contributed by atoms with Crippen molar-refractivity contribution in [3.8, 4) is 0 Å². The minimum absolute atomic E-state index is 0.819. The third-order valence-corrected chi connectivity index (χ3v) is 4.08. The summed E-state index contributed by atoms with van der Waals surface area (Å²) in [6.07, 6.45) is 6.16. The summed E-state index contributed by atoms with van der Waals surface area (Å²) in [5, 5.41) is 0. The topological polar surface area (TPSA) is 26.0 Å². The lowest BCUT2D eigenvalue weighted by Crippen LogP contribution is -2.01. The Morgan fingerprint density at radius 3 is 3.07 bits per heavy atom. The van der Waals surface area contributed by atoms with E-state index in [2.05, 4.69) is 18.2 Å². The standard InChI is InChI=1S/C13H19NS/c14-8-2-1-4-11-6-7-12-5-3-9-15-13(12)10-11/h6-7,10H,1-5,8-9,14H2. The molecule has 2 N–H and O–H groups in total. The molecular weight excluding hydrogens is 202 g/mol. The van der Waals surface area contributed by atoms with Crippen molar-refractivity contribution in [1.29, 1.82) is 0 Å². The normalized spacial score (nSPS) is 15.0. The van der Waals surface area contributed by atoms with Gasteiger partial charge in [-0.25, -0.2) is 0 Å². The first-order chi connectivity index (χ1) is 7.40. The molecule has 0 aliphatic carbocycles. The molecule has 1 aliphatic heterocycles. The molecule has 1 heterocycles. The molecule has 0 amide bonds. The average molecular weight is 221 g/mol. The Balaban J connectivity index is 2.00. The van der Waals surface area contributed by atoms with Crippen LogP contribution in [0.5, 0.6) is 0 Å². The van der Waals surface area contributed by atoms with Crippen LogP contribution in [0.2, 0.25) is 0 Å². The number of aryl methyl sites for hydroxylation is 2. The average Bonchev–Trinajstić information content (AvgIpc) is 2.29. The molecule has 0 saturated carbocycles. The van der Waals surface area contributed by atoms with Crippen LogP contribution in [-0.4, -0.2) is 12.3 Å². The zero-order chi connectivity index (χ0) is 10.5. The zero-order valence-corrected chi connectivity index (χ0v) is 9.98. The SMILES string of the molecule is NCCCCc1ccc2c(c1)SCCC2. The van der Waals surface area contributed by atoms with Crippen molar-refractivity contribution in [2.75, 3.05) is 12.3 Å². The fraction of sp³-hybridized carbons (Fsp3) is 0.538. The molecule has 0 bridgehead atoms. The smallest absolute Gasteiger partial charge is 0.0107 e. The molecule has 2 heteroatoms. The number of hydrogen-bond donors (Lipinski definition) is 1. The van der Waals surface area contributed by atoms with Gasteiger partial charge in [0.15, 0.2) is 0 Å².